The number of amides is 3. The van der Waals surface area contributed by atoms with E-state index in [0.717, 1.165) is 5.69 Å². The van der Waals surface area contributed by atoms with Crippen LogP contribution >= 0.6 is 0 Å². The molecule has 0 saturated carbocycles. The summed E-state index contributed by atoms with van der Waals surface area (Å²) >= 11 is 0. The smallest absolute Gasteiger partial charge is 0.269 e. The molecule has 1 aromatic heterocycles. The minimum atomic E-state index is -0.592. The van der Waals surface area contributed by atoms with Gasteiger partial charge in [-0.15, -0.1) is 0 Å². The van der Waals surface area contributed by atoms with Crippen LogP contribution in [0, 0.1) is 6.92 Å². The van der Waals surface area contributed by atoms with Gasteiger partial charge in [0, 0.05) is 39.8 Å². The van der Waals surface area contributed by atoms with E-state index in [1.165, 1.54) is 16.7 Å². The van der Waals surface area contributed by atoms with E-state index in [0.29, 0.717) is 25.2 Å². The number of aryl methyl sites for hydroxylation is 2. The fourth-order valence-electron chi connectivity index (χ4n) is 3.49. The largest absolute Gasteiger partial charge is 0.375 e. The van der Waals surface area contributed by atoms with Crippen LogP contribution in [0.2, 0.25) is 0 Å². The first-order chi connectivity index (χ1) is 12.8. The van der Waals surface area contributed by atoms with Crippen molar-refractivity contribution in [1.82, 2.24) is 24.9 Å². The molecule has 2 atom stereocenters. The van der Waals surface area contributed by atoms with Gasteiger partial charge in [0.2, 0.25) is 11.8 Å². The zero-order valence-electron chi connectivity index (χ0n) is 16.7. The molecule has 2 rings (SSSR count). The number of rotatable bonds is 7. The lowest BCUT2D eigenvalue weighted by Gasteiger charge is -2.28. The average Bonchev–Trinajstić information content (AvgIpc) is 3.19. The highest BCUT2D eigenvalue weighted by Gasteiger charge is 2.41. The summed E-state index contributed by atoms with van der Waals surface area (Å²) < 4.78 is 6.47. The van der Waals surface area contributed by atoms with Crippen LogP contribution in [0.4, 0.5) is 0 Å². The first-order valence-corrected chi connectivity index (χ1v) is 9.21. The zero-order valence-corrected chi connectivity index (χ0v) is 16.7. The minimum Gasteiger partial charge on any atom is -0.375 e. The number of carbonyl (C=O) groups excluding carboxylic acids is 3. The van der Waals surface area contributed by atoms with Gasteiger partial charge in [-0.25, -0.2) is 0 Å². The third-order valence-corrected chi connectivity index (χ3v) is 4.82. The van der Waals surface area contributed by atoms with E-state index >= 15 is 0 Å². The van der Waals surface area contributed by atoms with Crippen LogP contribution in [0.25, 0.3) is 0 Å². The Labute approximate surface area is 159 Å². The predicted molar refractivity (Wildman–Crippen MR) is 99.1 cm³/mol. The van der Waals surface area contributed by atoms with Gasteiger partial charge in [-0.2, -0.15) is 5.10 Å². The van der Waals surface area contributed by atoms with E-state index in [1.54, 1.807) is 18.0 Å². The summed E-state index contributed by atoms with van der Waals surface area (Å²) in [5.74, 6) is -0.619. The van der Waals surface area contributed by atoms with Gasteiger partial charge in [0.25, 0.3) is 5.91 Å². The summed E-state index contributed by atoms with van der Waals surface area (Å²) in [6, 6.07) is 0.806. The van der Waals surface area contributed by atoms with Gasteiger partial charge in [-0.05, 0) is 33.3 Å². The van der Waals surface area contributed by atoms with Crippen molar-refractivity contribution < 1.29 is 19.1 Å². The standard InChI is InChI=1S/C18H29N5O4/c1-6-22(7-2)18(26)15-9-13(10-23(15)16(24)11-27-5)19-17(25)14-8-12(3)20-21(14)4/h8,13,15H,6-7,9-11H2,1-5H3,(H,19,25)/t13-,15-/m0/s1. The molecule has 1 aliphatic heterocycles. The molecule has 0 bridgehead atoms. The molecular weight excluding hydrogens is 350 g/mol. The molecule has 0 spiro atoms. The van der Waals surface area contributed by atoms with Crippen molar-refractivity contribution in [3.05, 3.63) is 17.5 Å². The highest BCUT2D eigenvalue weighted by atomic mass is 16.5. The van der Waals surface area contributed by atoms with Gasteiger partial charge in [0.15, 0.2) is 0 Å². The highest BCUT2D eigenvalue weighted by molar-refractivity contribution is 5.93. The lowest BCUT2D eigenvalue weighted by molar-refractivity contribution is -0.145. The number of nitrogens with one attached hydrogen (secondary N) is 1. The molecule has 0 aromatic carbocycles. The molecule has 1 aromatic rings. The van der Waals surface area contributed by atoms with E-state index in [2.05, 4.69) is 10.4 Å². The number of methoxy groups -OCH3 is 1. The Kier molecular flexibility index (Phi) is 6.95. The molecule has 0 aliphatic carbocycles. The van der Waals surface area contributed by atoms with E-state index in [9.17, 15) is 14.4 Å². The lowest BCUT2D eigenvalue weighted by atomic mass is 10.1. The highest BCUT2D eigenvalue weighted by Crippen LogP contribution is 2.21. The summed E-state index contributed by atoms with van der Waals surface area (Å²) in [4.78, 5) is 41.1. The molecule has 27 heavy (non-hydrogen) atoms. The average molecular weight is 379 g/mol. The number of hydrogen-bond acceptors (Lipinski definition) is 5. The monoisotopic (exact) mass is 379 g/mol. The normalized spacial score (nSPS) is 19.2. The van der Waals surface area contributed by atoms with Gasteiger partial charge in [0.1, 0.15) is 18.3 Å². The number of aromatic nitrogens is 2. The molecule has 3 amide bonds. The van der Waals surface area contributed by atoms with Gasteiger partial charge >= 0.3 is 0 Å². The molecule has 150 valence electrons. The van der Waals surface area contributed by atoms with Gasteiger partial charge in [-0.3, -0.25) is 19.1 Å². The maximum atomic E-state index is 12.8. The topological polar surface area (TPSA) is 96.8 Å². The predicted octanol–water partition coefficient (Wildman–Crippen LogP) is -0.0574. The summed E-state index contributed by atoms with van der Waals surface area (Å²) in [6.07, 6.45) is 0.382. The van der Waals surface area contributed by atoms with E-state index < -0.39 is 6.04 Å². The summed E-state index contributed by atoms with van der Waals surface area (Å²) in [6.45, 7) is 6.96. The Hall–Kier alpha value is -2.42. The second kappa shape index (κ2) is 8.98. The fourth-order valence-corrected chi connectivity index (χ4v) is 3.49. The Morgan fingerprint density at radius 3 is 2.52 bits per heavy atom. The molecule has 9 heteroatoms. The van der Waals surface area contributed by atoms with E-state index in [-0.39, 0.29) is 36.9 Å². The summed E-state index contributed by atoms with van der Waals surface area (Å²) in [7, 11) is 3.15. The zero-order chi connectivity index (χ0) is 20.1. The molecule has 0 unspecified atom stereocenters. The molecular formula is C18H29N5O4. The number of hydrogen-bond donors (Lipinski definition) is 1. The van der Waals surface area contributed by atoms with Crippen LogP contribution in [0.3, 0.4) is 0 Å². The van der Waals surface area contributed by atoms with Gasteiger partial charge < -0.3 is 19.9 Å². The van der Waals surface area contributed by atoms with Gasteiger partial charge in [0.05, 0.1) is 5.69 Å². The molecule has 1 saturated heterocycles. The van der Waals surface area contributed by atoms with Crippen molar-refractivity contribution in [3.8, 4) is 0 Å². The van der Waals surface area contributed by atoms with Crippen molar-refractivity contribution >= 4 is 17.7 Å². The maximum Gasteiger partial charge on any atom is 0.269 e. The number of nitrogens with zero attached hydrogens (tertiary/aromatic N) is 4. The van der Waals surface area contributed by atoms with E-state index in [1.807, 2.05) is 20.8 Å². The van der Waals surface area contributed by atoms with Crippen molar-refractivity contribution in [2.24, 2.45) is 7.05 Å². The Morgan fingerprint density at radius 1 is 1.33 bits per heavy atom. The first-order valence-electron chi connectivity index (χ1n) is 9.21. The van der Waals surface area contributed by atoms with Crippen LogP contribution in [-0.2, 0) is 21.4 Å². The Balaban J connectivity index is 2.15. The third-order valence-electron chi connectivity index (χ3n) is 4.82. The van der Waals surface area contributed by atoms with Crippen LogP contribution in [-0.4, -0.2) is 82.7 Å². The number of ether oxygens (including phenoxy) is 1. The van der Waals surface area contributed by atoms with Crippen LogP contribution in [0.1, 0.15) is 36.5 Å². The molecule has 1 aliphatic rings. The number of carbonyl (C=O) groups is 3. The molecule has 0 radical (unpaired) electrons. The number of likely N-dealkylation sites (tertiary alicyclic amines) is 1. The third kappa shape index (κ3) is 4.65. The van der Waals surface area contributed by atoms with Crippen molar-refractivity contribution in [2.45, 2.75) is 39.3 Å². The minimum absolute atomic E-state index is 0.0936. The van der Waals surface area contributed by atoms with Gasteiger partial charge in [-0.1, -0.05) is 0 Å². The molecule has 2 heterocycles. The second-order valence-corrected chi connectivity index (χ2v) is 6.71. The molecule has 9 nitrogen and oxygen atoms in total. The van der Waals surface area contributed by atoms with Crippen LogP contribution in [0.5, 0.6) is 0 Å². The lowest BCUT2D eigenvalue weighted by Crippen LogP contribution is -2.48. The number of likely N-dealkylation sites (N-methyl/N-ethyl adjacent to an activating group) is 1. The fraction of sp³-hybridized carbons (Fsp3) is 0.667. The molecule has 1 fully saturated rings. The summed E-state index contributed by atoms with van der Waals surface area (Å²) in [5.41, 5.74) is 1.20. The van der Waals surface area contributed by atoms with E-state index in [4.69, 9.17) is 4.74 Å². The summed E-state index contributed by atoms with van der Waals surface area (Å²) in [5, 5.41) is 7.11. The SMILES string of the molecule is CCN(CC)C(=O)[C@@H]1C[C@H](NC(=O)c2cc(C)nn2C)CN1C(=O)COC. The molecule has 1 N–H and O–H groups in total. The Morgan fingerprint density at radius 2 is 2.00 bits per heavy atom. The van der Waals surface area contributed by atoms with Crippen molar-refractivity contribution in [3.63, 3.8) is 0 Å². The maximum absolute atomic E-state index is 12.8. The van der Waals surface area contributed by atoms with Crippen molar-refractivity contribution in [1.29, 1.82) is 0 Å². The Bertz CT molecular complexity index is 698. The second-order valence-electron chi connectivity index (χ2n) is 6.71. The quantitative estimate of drug-likeness (QED) is 0.716. The van der Waals surface area contributed by atoms with Crippen molar-refractivity contribution in [2.75, 3.05) is 33.4 Å². The first kappa shape index (κ1) is 20.9. The van der Waals surface area contributed by atoms with Crippen LogP contribution in [0.15, 0.2) is 6.07 Å². The van der Waals surface area contributed by atoms with Crippen LogP contribution < -0.4 is 5.32 Å².